The molecule has 0 unspecified atom stereocenters. The number of rotatable bonds is 6. The second-order valence-electron chi connectivity index (χ2n) is 7.21. The fourth-order valence-corrected chi connectivity index (χ4v) is 4.46. The van der Waals surface area contributed by atoms with Gasteiger partial charge in [-0.15, -0.1) is 0 Å². The first-order chi connectivity index (χ1) is 15.0. The van der Waals surface area contributed by atoms with Gasteiger partial charge in [-0.2, -0.15) is 0 Å². The van der Waals surface area contributed by atoms with Gasteiger partial charge in [-0.1, -0.05) is 76.1 Å². The molecule has 1 saturated heterocycles. The summed E-state index contributed by atoms with van der Waals surface area (Å²) in [5.74, 6) is 0.478. The summed E-state index contributed by atoms with van der Waals surface area (Å²) in [4.78, 5) is 26.9. The lowest BCUT2D eigenvalue weighted by Crippen LogP contribution is -2.27. The average molecular weight is 494 g/mol. The third-order valence-electron chi connectivity index (χ3n) is 4.83. The lowest BCUT2D eigenvalue weighted by atomic mass is 10.1. The fourth-order valence-electron chi connectivity index (χ4n) is 3.21. The van der Waals surface area contributed by atoms with Crippen molar-refractivity contribution in [1.82, 2.24) is 4.90 Å². The summed E-state index contributed by atoms with van der Waals surface area (Å²) in [7, 11) is 0. The van der Waals surface area contributed by atoms with Gasteiger partial charge >= 0.3 is 0 Å². The fraction of sp³-hybridized carbons (Fsp3) is 0.120. The maximum absolute atomic E-state index is 12.8. The van der Waals surface area contributed by atoms with E-state index >= 15 is 0 Å². The van der Waals surface area contributed by atoms with Crippen LogP contribution >= 0.6 is 27.7 Å². The van der Waals surface area contributed by atoms with Crippen LogP contribution in [-0.4, -0.2) is 16.0 Å². The molecule has 0 bridgehead atoms. The number of halogens is 1. The average Bonchev–Trinajstić information content (AvgIpc) is 3.02. The van der Waals surface area contributed by atoms with E-state index in [1.54, 1.807) is 6.08 Å². The number of thioether (sulfide) groups is 1. The molecular formula is C25H20BrNO3S. The largest absolute Gasteiger partial charge is 0.489 e. The van der Waals surface area contributed by atoms with Crippen LogP contribution in [0.2, 0.25) is 0 Å². The van der Waals surface area contributed by atoms with Crippen LogP contribution in [0, 0.1) is 6.92 Å². The van der Waals surface area contributed by atoms with Crippen molar-refractivity contribution >= 4 is 44.9 Å². The summed E-state index contributed by atoms with van der Waals surface area (Å²) >= 11 is 4.43. The summed E-state index contributed by atoms with van der Waals surface area (Å²) in [6.07, 6.45) is 1.75. The molecule has 0 atom stereocenters. The van der Waals surface area contributed by atoms with Crippen molar-refractivity contribution in [3.05, 3.63) is 104 Å². The minimum absolute atomic E-state index is 0.245. The van der Waals surface area contributed by atoms with Gasteiger partial charge in [0.05, 0.1) is 11.4 Å². The summed E-state index contributed by atoms with van der Waals surface area (Å²) in [6, 6.07) is 23.3. The third kappa shape index (κ3) is 5.27. The first kappa shape index (κ1) is 21.4. The van der Waals surface area contributed by atoms with Gasteiger partial charge in [0.25, 0.3) is 11.1 Å². The van der Waals surface area contributed by atoms with E-state index in [-0.39, 0.29) is 17.7 Å². The highest BCUT2D eigenvalue weighted by atomic mass is 79.9. The van der Waals surface area contributed by atoms with Gasteiger partial charge in [0.15, 0.2) is 0 Å². The van der Waals surface area contributed by atoms with Crippen molar-refractivity contribution in [1.29, 1.82) is 0 Å². The second-order valence-corrected chi connectivity index (χ2v) is 9.05. The van der Waals surface area contributed by atoms with Gasteiger partial charge in [0.2, 0.25) is 0 Å². The Hall–Kier alpha value is -2.83. The van der Waals surface area contributed by atoms with Gasteiger partial charge in [0, 0.05) is 4.47 Å². The Balaban J connectivity index is 1.42. The number of hydrogen-bond acceptors (Lipinski definition) is 4. The van der Waals surface area contributed by atoms with Crippen molar-refractivity contribution < 1.29 is 14.3 Å². The number of nitrogens with zero attached hydrogens (tertiary/aromatic N) is 1. The van der Waals surface area contributed by atoms with Crippen molar-refractivity contribution in [2.75, 3.05) is 0 Å². The molecule has 1 aliphatic heterocycles. The standard InChI is InChI=1S/C25H20BrNO3S/c1-17-5-4-6-19(13-17)16-30-21-11-9-18(10-12-21)14-23-24(28)27(25(29)31-23)15-20-7-2-3-8-22(20)26/h2-14H,15-16H2,1H3/b23-14+. The van der Waals surface area contributed by atoms with Crippen molar-refractivity contribution in [2.24, 2.45) is 0 Å². The van der Waals surface area contributed by atoms with E-state index in [9.17, 15) is 9.59 Å². The SMILES string of the molecule is Cc1cccc(COc2ccc(/C=C3/SC(=O)N(Cc4ccccc4Br)C3=O)cc2)c1. The lowest BCUT2D eigenvalue weighted by molar-refractivity contribution is -0.123. The molecule has 0 aliphatic carbocycles. The molecule has 0 aromatic heterocycles. The molecule has 0 spiro atoms. The smallest absolute Gasteiger partial charge is 0.293 e. The first-order valence-electron chi connectivity index (χ1n) is 9.77. The van der Waals surface area contributed by atoms with Gasteiger partial charge in [-0.05, 0) is 59.7 Å². The molecule has 0 saturated carbocycles. The molecule has 31 heavy (non-hydrogen) atoms. The molecule has 1 heterocycles. The van der Waals surface area contributed by atoms with Crippen molar-refractivity contribution in [3.8, 4) is 5.75 Å². The zero-order chi connectivity index (χ0) is 21.8. The highest BCUT2D eigenvalue weighted by Crippen LogP contribution is 2.34. The maximum atomic E-state index is 12.8. The maximum Gasteiger partial charge on any atom is 0.293 e. The van der Waals surface area contributed by atoms with E-state index in [1.165, 1.54) is 10.5 Å². The Morgan fingerprint density at radius 1 is 1.00 bits per heavy atom. The van der Waals surface area contributed by atoms with E-state index in [0.717, 1.165) is 38.7 Å². The molecule has 2 amide bonds. The van der Waals surface area contributed by atoms with Gasteiger partial charge in [-0.25, -0.2) is 0 Å². The molecule has 3 aromatic rings. The summed E-state index contributed by atoms with van der Waals surface area (Å²) in [6.45, 7) is 2.79. The monoisotopic (exact) mass is 493 g/mol. The van der Waals surface area contributed by atoms with E-state index < -0.39 is 0 Å². The lowest BCUT2D eigenvalue weighted by Gasteiger charge is -2.13. The number of amides is 2. The molecule has 156 valence electrons. The number of hydrogen-bond donors (Lipinski definition) is 0. The Bertz CT molecular complexity index is 1160. The van der Waals surface area contributed by atoms with E-state index in [2.05, 4.69) is 35.0 Å². The van der Waals surface area contributed by atoms with Gasteiger partial charge < -0.3 is 4.74 Å². The van der Waals surface area contributed by atoms with Crippen molar-refractivity contribution in [2.45, 2.75) is 20.1 Å². The Morgan fingerprint density at radius 3 is 2.52 bits per heavy atom. The topological polar surface area (TPSA) is 46.6 Å². The quantitative estimate of drug-likeness (QED) is 0.364. The number of carbonyl (C=O) groups is 2. The minimum Gasteiger partial charge on any atom is -0.489 e. The molecule has 4 rings (SSSR count). The van der Waals surface area contributed by atoms with E-state index in [4.69, 9.17) is 4.74 Å². The molecule has 0 radical (unpaired) electrons. The highest BCUT2D eigenvalue weighted by Gasteiger charge is 2.35. The van der Waals surface area contributed by atoms with Crippen LogP contribution in [0.3, 0.4) is 0 Å². The van der Waals surface area contributed by atoms with Gasteiger partial charge in [0.1, 0.15) is 12.4 Å². The van der Waals surface area contributed by atoms with Crippen molar-refractivity contribution in [3.63, 3.8) is 0 Å². The van der Waals surface area contributed by atoms with Crippen LogP contribution in [-0.2, 0) is 17.9 Å². The predicted octanol–water partition coefficient (Wildman–Crippen LogP) is 6.57. The van der Waals surface area contributed by atoms with E-state index in [0.29, 0.717) is 11.5 Å². The van der Waals surface area contributed by atoms with Gasteiger partial charge in [-0.3, -0.25) is 14.5 Å². The number of benzene rings is 3. The zero-order valence-corrected chi connectivity index (χ0v) is 19.3. The van der Waals surface area contributed by atoms with Crippen LogP contribution in [0.5, 0.6) is 5.75 Å². The molecule has 6 heteroatoms. The number of carbonyl (C=O) groups excluding carboxylic acids is 2. The van der Waals surface area contributed by atoms with Crippen LogP contribution < -0.4 is 4.74 Å². The third-order valence-corrected chi connectivity index (χ3v) is 6.51. The van der Waals surface area contributed by atoms with Crippen LogP contribution in [0.15, 0.2) is 82.2 Å². The summed E-state index contributed by atoms with van der Waals surface area (Å²) in [5.41, 5.74) is 4.04. The molecule has 4 nitrogen and oxygen atoms in total. The first-order valence-corrected chi connectivity index (χ1v) is 11.4. The van der Waals surface area contributed by atoms with Crippen LogP contribution in [0.1, 0.15) is 22.3 Å². The molecule has 0 N–H and O–H groups in total. The minimum atomic E-state index is -0.273. The Labute approximate surface area is 194 Å². The Kier molecular flexibility index (Phi) is 6.59. The molecule has 3 aromatic carbocycles. The normalized spacial score (nSPS) is 15.0. The molecular weight excluding hydrogens is 474 g/mol. The van der Waals surface area contributed by atoms with Crippen LogP contribution in [0.25, 0.3) is 6.08 Å². The summed E-state index contributed by atoms with van der Waals surface area (Å²) in [5, 5.41) is -0.259. The Morgan fingerprint density at radius 2 is 1.77 bits per heavy atom. The molecule has 1 aliphatic rings. The summed E-state index contributed by atoms with van der Waals surface area (Å²) < 4.78 is 6.72. The second kappa shape index (κ2) is 9.54. The molecule has 1 fully saturated rings. The van der Waals surface area contributed by atoms with Crippen LogP contribution in [0.4, 0.5) is 4.79 Å². The highest BCUT2D eigenvalue weighted by molar-refractivity contribution is 9.10. The predicted molar refractivity (Wildman–Crippen MR) is 128 cm³/mol. The number of aryl methyl sites for hydroxylation is 1. The zero-order valence-electron chi connectivity index (χ0n) is 16.9. The number of ether oxygens (including phenoxy) is 1. The number of imide groups is 1. The van der Waals surface area contributed by atoms with E-state index in [1.807, 2.05) is 60.7 Å².